The number of carbonyl (C=O) groups is 2. The molecular formula is C23H29NO4. The molecular weight excluding hydrogens is 354 g/mol. The summed E-state index contributed by atoms with van der Waals surface area (Å²) in [7, 11) is 0. The van der Waals surface area contributed by atoms with Gasteiger partial charge in [-0.2, -0.15) is 0 Å². The van der Waals surface area contributed by atoms with E-state index in [1.54, 1.807) is 24.3 Å². The monoisotopic (exact) mass is 383 g/mol. The maximum Gasteiger partial charge on any atom is 0.224 e. The maximum atomic E-state index is 12.2. The fourth-order valence-electron chi connectivity index (χ4n) is 2.69. The van der Waals surface area contributed by atoms with Crippen molar-refractivity contribution in [2.24, 2.45) is 0 Å². The second-order valence-electron chi connectivity index (χ2n) is 6.60. The lowest BCUT2D eigenvalue weighted by atomic mass is 10.1. The van der Waals surface area contributed by atoms with Crippen molar-refractivity contribution in [3.63, 3.8) is 0 Å². The van der Waals surface area contributed by atoms with Gasteiger partial charge in [-0.1, -0.05) is 19.4 Å². The van der Waals surface area contributed by atoms with Gasteiger partial charge in [-0.15, -0.1) is 0 Å². The van der Waals surface area contributed by atoms with E-state index in [4.69, 9.17) is 9.47 Å². The molecule has 0 spiro atoms. The third kappa shape index (κ3) is 6.72. The van der Waals surface area contributed by atoms with Crippen LogP contribution in [-0.4, -0.2) is 24.9 Å². The van der Waals surface area contributed by atoms with Crippen LogP contribution in [0.2, 0.25) is 0 Å². The van der Waals surface area contributed by atoms with Crippen LogP contribution in [0, 0.1) is 0 Å². The van der Waals surface area contributed by atoms with Crippen LogP contribution in [0.1, 0.15) is 56.0 Å². The molecule has 5 heteroatoms. The average molecular weight is 383 g/mol. The van der Waals surface area contributed by atoms with Crippen molar-refractivity contribution in [3.05, 3.63) is 53.6 Å². The summed E-state index contributed by atoms with van der Waals surface area (Å²) < 4.78 is 11.5. The number of unbranched alkanes of at least 4 members (excludes halogenated alkanes) is 1. The van der Waals surface area contributed by atoms with Gasteiger partial charge in [0, 0.05) is 17.7 Å². The second kappa shape index (κ2) is 11.1. The fraction of sp³-hybridized carbons (Fsp3) is 0.391. The highest BCUT2D eigenvalue weighted by molar-refractivity contribution is 5.95. The number of ketones is 1. The maximum absolute atomic E-state index is 12.2. The van der Waals surface area contributed by atoms with Gasteiger partial charge in [0.25, 0.3) is 0 Å². The van der Waals surface area contributed by atoms with Crippen molar-refractivity contribution in [3.8, 4) is 11.5 Å². The first kappa shape index (κ1) is 21.5. The summed E-state index contributed by atoms with van der Waals surface area (Å²) in [5, 5.41) is 2.86. The number of Topliss-reactive ketones (excluding diaryl/α,β-unsaturated/α-hetero) is 1. The summed E-state index contributed by atoms with van der Waals surface area (Å²) >= 11 is 0. The van der Waals surface area contributed by atoms with E-state index >= 15 is 0 Å². The molecule has 0 atom stereocenters. The molecule has 0 bridgehead atoms. The molecule has 0 aliphatic heterocycles. The third-order valence-electron chi connectivity index (χ3n) is 4.28. The van der Waals surface area contributed by atoms with Crippen LogP contribution in [-0.2, 0) is 11.2 Å². The van der Waals surface area contributed by atoms with Gasteiger partial charge in [0.05, 0.1) is 13.2 Å². The number of ether oxygens (including phenoxy) is 2. The highest BCUT2D eigenvalue weighted by Crippen LogP contribution is 2.29. The summed E-state index contributed by atoms with van der Waals surface area (Å²) in [5.74, 6) is 1.40. The highest BCUT2D eigenvalue weighted by Gasteiger charge is 2.09. The summed E-state index contributed by atoms with van der Waals surface area (Å²) in [6.45, 7) is 6.81. The summed E-state index contributed by atoms with van der Waals surface area (Å²) in [4.78, 5) is 23.5. The standard InChI is InChI=1S/C23H29NO4/c1-4-6-15-28-21-13-7-18(16-22(21)27-5-2)8-14-23(26)24-20-11-9-19(10-12-20)17(3)25/h7,9-13,16H,4-6,8,14-15H2,1-3H3,(H,24,26). The lowest BCUT2D eigenvalue weighted by Gasteiger charge is -2.13. The van der Waals surface area contributed by atoms with Crippen LogP contribution in [0.5, 0.6) is 11.5 Å². The summed E-state index contributed by atoms with van der Waals surface area (Å²) in [6, 6.07) is 12.7. The van der Waals surface area contributed by atoms with E-state index in [0.29, 0.717) is 37.3 Å². The van der Waals surface area contributed by atoms with Crippen LogP contribution in [0.4, 0.5) is 5.69 Å². The number of amides is 1. The molecule has 0 saturated carbocycles. The summed E-state index contributed by atoms with van der Waals surface area (Å²) in [5.41, 5.74) is 2.33. The molecule has 0 unspecified atom stereocenters. The van der Waals surface area contributed by atoms with E-state index in [1.165, 1.54) is 6.92 Å². The van der Waals surface area contributed by atoms with Gasteiger partial charge in [-0.3, -0.25) is 9.59 Å². The van der Waals surface area contributed by atoms with Crippen LogP contribution in [0.15, 0.2) is 42.5 Å². The van der Waals surface area contributed by atoms with E-state index in [1.807, 2.05) is 25.1 Å². The number of hydrogen-bond acceptors (Lipinski definition) is 4. The van der Waals surface area contributed by atoms with E-state index in [-0.39, 0.29) is 11.7 Å². The Labute approximate surface area is 167 Å². The average Bonchev–Trinajstić information content (AvgIpc) is 2.68. The molecule has 1 N–H and O–H groups in total. The highest BCUT2D eigenvalue weighted by atomic mass is 16.5. The zero-order valence-electron chi connectivity index (χ0n) is 16.9. The molecule has 0 aromatic heterocycles. The van der Waals surface area contributed by atoms with Crippen molar-refractivity contribution >= 4 is 17.4 Å². The van der Waals surface area contributed by atoms with Crippen molar-refractivity contribution in [1.82, 2.24) is 0 Å². The lowest BCUT2D eigenvalue weighted by Crippen LogP contribution is -2.12. The van der Waals surface area contributed by atoms with Gasteiger partial charge in [0.1, 0.15) is 0 Å². The van der Waals surface area contributed by atoms with Crippen LogP contribution < -0.4 is 14.8 Å². The van der Waals surface area contributed by atoms with Crippen LogP contribution in [0.25, 0.3) is 0 Å². The molecule has 0 aliphatic rings. The first-order valence-corrected chi connectivity index (χ1v) is 9.82. The van der Waals surface area contributed by atoms with Crippen molar-refractivity contribution < 1.29 is 19.1 Å². The molecule has 0 saturated heterocycles. The predicted molar refractivity (Wildman–Crippen MR) is 111 cm³/mol. The molecule has 2 aromatic carbocycles. The van der Waals surface area contributed by atoms with Crippen molar-refractivity contribution in [2.45, 2.75) is 46.5 Å². The fourth-order valence-corrected chi connectivity index (χ4v) is 2.69. The Hall–Kier alpha value is -2.82. The molecule has 5 nitrogen and oxygen atoms in total. The van der Waals surface area contributed by atoms with Gasteiger partial charge < -0.3 is 14.8 Å². The lowest BCUT2D eigenvalue weighted by molar-refractivity contribution is -0.116. The number of anilines is 1. The number of nitrogens with one attached hydrogen (secondary N) is 1. The Kier molecular flexibility index (Phi) is 8.53. The first-order valence-electron chi connectivity index (χ1n) is 9.82. The number of carbonyl (C=O) groups excluding carboxylic acids is 2. The normalized spacial score (nSPS) is 10.4. The minimum atomic E-state index is -0.0724. The second-order valence-corrected chi connectivity index (χ2v) is 6.60. The first-order chi connectivity index (χ1) is 13.5. The molecule has 2 rings (SSSR count). The Morgan fingerprint density at radius 2 is 1.71 bits per heavy atom. The Morgan fingerprint density at radius 3 is 2.36 bits per heavy atom. The van der Waals surface area contributed by atoms with Gasteiger partial charge >= 0.3 is 0 Å². The SMILES string of the molecule is CCCCOc1ccc(CCC(=O)Nc2ccc(C(C)=O)cc2)cc1OCC. The zero-order chi connectivity index (χ0) is 20.4. The van der Waals surface area contributed by atoms with Gasteiger partial charge in [0.2, 0.25) is 5.91 Å². The van der Waals surface area contributed by atoms with E-state index in [9.17, 15) is 9.59 Å². The molecule has 0 heterocycles. The molecule has 2 aromatic rings. The number of rotatable bonds is 11. The molecule has 150 valence electrons. The van der Waals surface area contributed by atoms with Crippen molar-refractivity contribution in [2.75, 3.05) is 18.5 Å². The molecule has 28 heavy (non-hydrogen) atoms. The Balaban J connectivity index is 1.92. The van der Waals surface area contributed by atoms with Gasteiger partial charge in [-0.05, 0) is 68.7 Å². The Morgan fingerprint density at radius 1 is 0.964 bits per heavy atom. The quantitative estimate of drug-likeness (QED) is 0.436. The Bertz CT molecular complexity index is 784. The third-order valence-corrected chi connectivity index (χ3v) is 4.28. The number of benzene rings is 2. The molecule has 0 radical (unpaired) electrons. The van der Waals surface area contributed by atoms with E-state index in [2.05, 4.69) is 12.2 Å². The van der Waals surface area contributed by atoms with E-state index in [0.717, 1.165) is 29.9 Å². The molecule has 0 aliphatic carbocycles. The molecule has 0 fully saturated rings. The van der Waals surface area contributed by atoms with Gasteiger partial charge in [-0.25, -0.2) is 0 Å². The van der Waals surface area contributed by atoms with Crippen LogP contribution >= 0.6 is 0 Å². The number of hydrogen-bond donors (Lipinski definition) is 1. The largest absolute Gasteiger partial charge is 0.490 e. The van der Waals surface area contributed by atoms with Gasteiger partial charge in [0.15, 0.2) is 17.3 Å². The number of aryl methyl sites for hydroxylation is 1. The predicted octanol–water partition coefficient (Wildman–Crippen LogP) is 5.04. The minimum Gasteiger partial charge on any atom is -0.490 e. The molecule has 1 amide bonds. The minimum absolute atomic E-state index is 0.00472. The smallest absolute Gasteiger partial charge is 0.224 e. The van der Waals surface area contributed by atoms with Crippen LogP contribution in [0.3, 0.4) is 0 Å². The topological polar surface area (TPSA) is 64.6 Å². The summed E-state index contributed by atoms with van der Waals surface area (Å²) in [6.07, 6.45) is 3.04. The zero-order valence-corrected chi connectivity index (χ0v) is 16.9. The van der Waals surface area contributed by atoms with Crippen molar-refractivity contribution in [1.29, 1.82) is 0 Å². The van der Waals surface area contributed by atoms with E-state index < -0.39 is 0 Å².